The summed E-state index contributed by atoms with van der Waals surface area (Å²) < 4.78 is 50.4. The summed E-state index contributed by atoms with van der Waals surface area (Å²) in [6.07, 6.45) is 6.24. The molecule has 0 N–H and O–H groups in total. The third-order valence-electron chi connectivity index (χ3n) is 6.00. The summed E-state index contributed by atoms with van der Waals surface area (Å²) in [5.41, 5.74) is 0. The van der Waals surface area contributed by atoms with E-state index in [2.05, 4.69) is 13.1 Å². The van der Waals surface area contributed by atoms with Gasteiger partial charge in [-0.1, -0.05) is 26.2 Å². The van der Waals surface area contributed by atoms with Gasteiger partial charge in [0.2, 0.25) is 0 Å². The molecule has 0 bridgehead atoms. The molecule has 0 aromatic heterocycles. The average Bonchev–Trinajstić information content (AvgIpc) is 2.75. The van der Waals surface area contributed by atoms with E-state index in [-0.39, 0.29) is 12.0 Å². The van der Waals surface area contributed by atoms with Crippen molar-refractivity contribution in [3.05, 3.63) is 0 Å². The Morgan fingerprint density at radius 1 is 0.929 bits per heavy atom. The Hall–Kier alpha value is 0.370. The molecule has 2 saturated carbocycles. The van der Waals surface area contributed by atoms with Gasteiger partial charge in [0.15, 0.2) is 0 Å². The fraction of sp³-hybridized carbons (Fsp3) is 1.00. The lowest BCUT2D eigenvalue weighted by atomic mass is 9.59. The Morgan fingerprint density at radius 2 is 1.57 bits per heavy atom. The number of ether oxygens (including phenoxy) is 1. The normalized spacial score (nSPS) is 38.2. The van der Waals surface area contributed by atoms with E-state index >= 15 is 0 Å². The standard InChI is InChI=1S/C14H27O11P3/c1-9-7-13(12-6-5-11(12)10-3-2-4-10)23-14(9)8-22-27(18,19)25-28(20,21)24-26(15,16)17/h9-14H,2-8H2,1H3,(H,18,19)(H,20,21)(H2,15,16,17)/p-4/t9?,11-,12?,13-,14+/m0/s1. The van der Waals surface area contributed by atoms with Crippen LogP contribution in [0.3, 0.4) is 0 Å². The molecule has 0 aromatic rings. The molecule has 1 aliphatic heterocycles. The highest BCUT2D eigenvalue weighted by atomic mass is 31.3. The van der Waals surface area contributed by atoms with Crippen LogP contribution in [0.15, 0.2) is 0 Å². The van der Waals surface area contributed by atoms with Gasteiger partial charge in [-0.25, -0.2) is 4.31 Å². The monoisotopic (exact) mass is 460 g/mol. The molecule has 7 atom stereocenters. The minimum absolute atomic E-state index is 0.00792. The molecule has 1 heterocycles. The molecule has 3 rings (SSSR count). The zero-order valence-corrected chi connectivity index (χ0v) is 17.9. The molecule has 0 aromatic carbocycles. The van der Waals surface area contributed by atoms with Crippen molar-refractivity contribution >= 4 is 23.5 Å². The molecule has 0 spiro atoms. The van der Waals surface area contributed by atoms with Crippen molar-refractivity contribution in [1.29, 1.82) is 0 Å². The predicted octanol–water partition coefficient (Wildman–Crippen LogP) is 0.422. The van der Waals surface area contributed by atoms with Crippen molar-refractivity contribution in [2.24, 2.45) is 23.7 Å². The van der Waals surface area contributed by atoms with Gasteiger partial charge in [0.1, 0.15) is 0 Å². The van der Waals surface area contributed by atoms with Crippen LogP contribution < -0.4 is 19.6 Å². The molecular formula is C14H23O11P3-4. The van der Waals surface area contributed by atoms with Crippen LogP contribution in [0.25, 0.3) is 0 Å². The summed E-state index contributed by atoms with van der Waals surface area (Å²) in [6, 6.07) is 0. The van der Waals surface area contributed by atoms with Gasteiger partial charge in [0.05, 0.1) is 26.6 Å². The van der Waals surface area contributed by atoms with E-state index in [0.717, 1.165) is 18.8 Å². The van der Waals surface area contributed by atoms with Crippen LogP contribution in [-0.4, -0.2) is 18.8 Å². The quantitative estimate of drug-likeness (QED) is 0.435. The van der Waals surface area contributed by atoms with Crippen LogP contribution in [0.4, 0.5) is 0 Å². The molecular weight excluding hydrogens is 437 g/mol. The molecule has 0 radical (unpaired) electrons. The first kappa shape index (κ1) is 23.0. The van der Waals surface area contributed by atoms with E-state index in [1.165, 1.54) is 25.7 Å². The van der Waals surface area contributed by atoms with Crippen LogP contribution in [-0.2, 0) is 31.6 Å². The second-order valence-electron chi connectivity index (χ2n) is 7.82. The Kier molecular flexibility index (Phi) is 6.98. The van der Waals surface area contributed by atoms with E-state index in [9.17, 15) is 33.3 Å². The zero-order valence-electron chi connectivity index (χ0n) is 15.2. The Labute approximate surface area is 163 Å². The number of phosphoric ester groups is 1. The average molecular weight is 460 g/mol. The number of hydrogen-bond acceptors (Lipinski definition) is 11. The Bertz CT molecular complexity index is 705. The van der Waals surface area contributed by atoms with E-state index in [4.69, 9.17) is 4.74 Å². The van der Waals surface area contributed by atoms with E-state index < -0.39 is 36.2 Å². The largest absolute Gasteiger partial charge is 0.790 e. The molecule has 28 heavy (non-hydrogen) atoms. The van der Waals surface area contributed by atoms with Gasteiger partial charge in [-0.05, 0) is 42.9 Å². The van der Waals surface area contributed by atoms with E-state index in [1.807, 2.05) is 6.92 Å². The Morgan fingerprint density at radius 3 is 2.07 bits per heavy atom. The van der Waals surface area contributed by atoms with Crippen LogP contribution in [0, 0.1) is 23.7 Å². The highest BCUT2D eigenvalue weighted by Crippen LogP contribution is 2.60. The highest BCUT2D eigenvalue weighted by molar-refractivity contribution is 7.64. The summed E-state index contributed by atoms with van der Waals surface area (Å²) in [7, 11) is -17.4. The first-order valence-corrected chi connectivity index (χ1v) is 13.6. The predicted molar refractivity (Wildman–Crippen MR) is 86.9 cm³/mol. The summed E-state index contributed by atoms with van der Waals surface area (Å²) in [6.45, 7) is 1.40. The van der Waals surface area contributed by atoms with Gasteiger partial charge in [0, 0.05) is 0 Å². The van der Waals surface area contributed by atoms with Gasteiger partial charge < -0.3 is 33.4 Å². The van der Waals surface area contributed by atoms with Crippen molar-refractivity contribution in [2.45, 2.75) is 57.7 Å². The van der Waals surface area contributed by atoms with Crippen molar-refractivity contribution in [2.75, 3.05) is 6.61 Å². The minimum atomic E-state index is -5.99. The molecule has 0 amide bonds. The van der Waals surface area contributed by atoms with Crippen LogP contribution in [0.1, 0.15) is 45.4 Å². The van der Waals surface area contributed by atoms with E-state index in [1.54, 1.807) is 0 Å². The van der Waals surface area contributed by atoms with Gasteiger partial charge in [-0.15, -0.1) is 0 Å². The molecule has 3 aliphatic rings. The lowest BCUT2D eigenvalue weighted by molar-refractivity contribution is -0.339. The second-order valence-corrected chi connectivity index (χ2v) is 12.1. The maximum atomic E-state index is 11.6. The SMILES string of the molecule is CC1C[C@@H](C2CC[C@H]2C2CCC2)O[C@@H]1COP(=O)([O-])OP(=O)([O-])OP(=O)([O-])[O-]. The summed E-state index contributed by atoms with van der Waals surface area (Å²) in [4.78, 5) is 43.5. The van der Waals surface area contributed by atoms with Gasteiger partial charge in [0.25, 0.3) is 15.6 Å². The van der Waals surface area contributed by atoms with Gasteiger partial charge in [-0.3, -0.25) is 13.4 Å². The fourth-order valence-corrected chi connectivity index (χ4v) is 7.19. The summed E-state index contributed by atoms with van der Waals surface area (Å²) in [5, 5.41) is 0. The lowest BCUT2D eigenvalue weighted by Gasteiger charge is -2.48. The summed E-state index contributed by atoms with van der Waals surface area (Å²) >= 11 is 0. The van der Waals surface area contributed by atoms with Gasteiger partial charge >= 0.3 is 0 Å². The van der Waals surface area contributed by atoms with Crippen molar-refractivity contribution in [3.63, 3.8) is 0 Å². The summed E-state index contributed by atoms with van der Waals surface area (Å²) in [5.74, 6) is 1.85. The third-order valence-corrected chi connectivity index (χ3v) is 9.67. The van der Waals surface area contributed by atoms with Crippen LogP contribution in [0.5, 0.6) is 0 Å². The van der Waals surface area contributed by atoms with Crippen molar-refractivity contribution in [1.82, 2.24) is 0 Å². The van der Waals surface area contributed by atoms with Crippen LogP contribution in [0.2, 0.25) is 0 Å². The topological polar surface area (TPSA) is 180 Å². The van der Waals surface area contributed by atoms with Crippen molar-refractivity contribution < 1.29 is 51.2 Å². The maximum absolute atomic E-state index is 11.6. The zero-order chi connectivity index (χ0) is 20.7. The Balaban J connectivity index is 1.49. The molecule has 14 heteroatoms. The molecule has 4 unspecified atom stereocenters. The minimum Gasteiger partial charge on any atom is -0.790 e. The first-order chi connectivity index (χ1) is 12.9. The molecule has 164 valence electrons. The van der Waals surface area contributed by atoms with E-state index in [0.29, 0.717) is 11.8 Å². The second kappa shape index (κ2) is 8.48. The van der Waals surface area contributed by atoms with Crippen molar-refractivity contribution in [3.8, 4) is 0 Å². The molecule has 11 nitrogen and oxygen atoms in total. The smallest absolute Gasteiger partial charge is 0.278 e. The number of phosphoric acid groups is 3. The number of hydrogen-bond donors (Lipinski definition) is 0. The molecule has 2 aliphatic carbocycles. The first-order valence-electron chi connectivity index (χ1n) is 9.22. The van der Waals surface area contributed by atoms with Crippen LogP contribution >= 0.6 is 23.5 Å². The number of rotatable bonds is 9. The van der Waals surface area contributed by atoms with Gasteiger partial charge in [-0.2, -0.15) is 0 Å². The third kappa shape index (κ3) is 5.96. The molecule has 1 saturated heterocycles. The maximum Gasteiger partial charge on any atom is 0.278 e. The highest BCUT2D eigenvalue weighted by Gasteiger charge is 2.47. The molecule has 3 fully saturated rings. The fourth-order valence-electron chi connectivity index (χ4n) is 4.33. The lowest BCUT2D eigenvalue weighted by Crippen LogP contribution is -2.42.